The second-order valence-electron chi connectivity index (χ2n) is 8.94. The number of nitrogens with zero attached hydrogens (tertiary/aromatic N) is 5. The fraction of sp³-hybridized carbons (Fsp3) is 0.429. The van der Waals surface area contributed by atoms with Gasteiger partial charge in [-0.25, -0.2) is 14.8 Å². The molecule has 2 amide bonds. The molecule has 3 atom stereocenters. The van der Waals surface area contributed by atoms with Crippen molar-refractivity contribution in [3.05, 3.63) is 38.4 Å². The van der Waals surface area contributed by atoms with Crippen LogP contribution >= 0.6 is 34.4 Å². The van der Waals surface area contributed by atoms with Gasteiger partial charge in [-0.3, -0.25) is 14.5 Å². The summed E-state index contributed by atoms with van der Waals surface area (Å²) in [5.41, 5.74) is 9.41. The van der Waals surface area contributed by atoms with Crippen LogP contribution in [0.2, 0.25) is 0 Å². The third kappa shape index (κ3) is 4.36. The number of hydrogen-bond acceptors (Lipinski definition) is 11. The fourth-order valence-corrected chi connectivity index (χ4v) is 7.39. The van der Waals surface area contributed by atoms with Crippen molar-refractivity contribution >= 4 is 63.1 Å². The summed E-state index contributed by atoms with van der Waals surface area (Å²) >= 11 is 4.23. The van der Waals surface area contributed by atoms with Gasteiger partial charge in [0.15, 0.2) is 10.8 Å². The second-order valence-corrected chi connectivity index (χ2v) is 11.9. The summed E-state index contributed by atoms with van der Waals surface area (Å²) in [6.45, 7) is 2.10. The van der Waals surface area contributed by atoms with E-state index in [0.717, 1.165) is 36.5 Å². The smallest absolute Gasteiger partial charge is 0.352 e. The van der Waals surface area contributed by atoms with Crippen LogP contribution in [0.15, 0.2) is 27.3 Å². The van der Waals surface area contributed by atoms with Gasteiger partial charge in [-0.2, -0.15) is 0 Å². The van der Waals surface area contributed by atoms with Crippen LogP contribution in [0.5, 0.6) is 0 Å². The number of hydrogen-bond donors (Lipinski definition) is 3. The lowest BCUT2D eigenvalue weighted by Gasteiger charge is -2.50. The number of oxime groups is 1. The van der Waals surface area contributed by atoms with Gasteiger partial charge in [0.1, 0.15) is 48.7 Å². The first-order valence-electron chi connectivity index (χ1n) is 11.0. The van der Waals surface area contributed by atoms with E-state index in [9.17, 15) is 19.5 Å². The van der Waals surface area contributed by atoms with E-state index in [4.69, 9.17) is 10.6 Å². The summed E-state index contributed by atoms with van der Waals surface area (Å²) < 4.78 is 0.629. The fourth-order valence-electron chi connectivity index (χ4n) is 4.74. The number of thioether (sulfide) groups is 1. The minimum Gasteiger partial charge on any atom is -0.477 e. The number of carboxylic acids is 1. The quantitative estimate of drug-likeness (QED) is 0.193. The number of amides is 2. The van der Waals surface area contributed by atoms with Crippen molar-refractivity contribution in [2.24, 2.45) is 5.16 Å². The zero-order chi connectivity index (χ0) is 25.6. The van der Waals surface area contributed by atoms with E-state index in [0.29, 0.717) is 22.4 Å². The molecule has 5 rings (SSSR count). The second kappa shape index (κ2) is 9.46. The molecule has 0 saturated carbocycles. The number of likely N-dealkylation sites (N-methyl/N-ethyl adjacent to an activating group) is 1. The van der Waals surface area contributed by atoms with Gasteiger partial charge in [0, 0.05) is 28.0 Å². The van der Waals surface area contributed by atoms with Gasteiger partial charge < -0.3 is 25.5 Å². The molecular weight excluding hydrogens is 526 g/mol. The van der Waals surface area contributed by atoms with Crippen LogP contribution < -0.4 is 11.1 Å². The molecule has 3 aliphatic rings. The lowest BCUT2D eigenvalue weighted by atomic mass is 10.0. The predicted molar refractivity (Wildman–Crippen MR) is 135 cm³/mol. The molecule has 0 aliphatic carbocycles. The Morgan fingerprint density at radius 3 is 2.92 bits per heavy atom. The molecule has 0 radical (unpaired) electrons. The molecular formula is C21H24N7O5S3+. The first-order chi connectivity index (χ1) is 17.2. The highest BCUT2D eigenvalue weighted by atomic mass is 32.2. The molecule has 15 heteroatoms. The summed E-state index contributed by atoms with van der Waals surface area (Å²) in [5, 5.41) is 17.7. The Balaban J connectivity index is 1.33. The van der Waals surface area contributed by atoms with Gasteiger partial charge in [-0.05, 0) is 0 Å². The average molecular weight is 551 g/mol. The number of aliphatic carboxylic acids is 1. The summed E-state index contributed by atoms with van der Waals surface area (Å²) in [4.78, 5) is 54.2. The number of thiazole rings is 2. The third-order valence-corrected chi connectivity index (χ3v) is 9.36. The topological polar surface area (TPSA) is 160 Å². The van der Waals surface area contributed by atoms with Crippen molar-refractivity contribution in [2.75, 3.05) is 38.7 Å². The van der Waals surface area contributed by atoms with Gasteiger partial charge in [0.05, 0.1) is 19.1 Å². The molecule has 0 bridgehead atoms. The van der Waals surface area contributed by atoms with Gasteiger partial charge in [-0.15, -0.1) is 34.4 Å². The summed E-state index contributed by atoms with van der Waals surface area (Å²) in [5.74, 6) is -1.83. The number of anilines is 1. The Morgan fingerprint density at radius 2 is 2.22 bits per heavy atom. The molecule has 0 aromatic carbocycles. The van der Waals surface area contributed by atoms with E-state index in [1.54, 1.807) is 16.7 Å². The molecule has 3 aliphatic heterocycles. The molecule has 1 fully saturated rings. The number of aromatic nitrogens is 2. The Bertz CT molecular complexity index is 1300. The van der Waals surface area contributed by atoms with Gasteiger partial charge in [-0.1, -0.05) is 5.16 Å². The first kappa shape index (κ1) is 24.7. The minimum atomic E-state index is -1.15. The Hall–Kier alpha value is -3.01. The lowest BCUT2D eigenvalue weighted by molar-refractivity contribution is -0.920. The van der Waals surface area contributed by atoms with Crippen LogP contribution in [0.1, 0.15) is 16.3 Å². The number of carbonyl (C=O) groups excluding carboxylic acids is 2. The Morgan fingerprint density at radius 1 is 1.42 bits per heavy atom. The number of carboxylic acid groups (broad SMARTS) is 1. The molecule has 2 aromatic rings. The Kier molecular flexibility index (Phi) is 6.48. The highest BCUT2D eigenvalue weighted by Gasteiger charge is 2.55. The molecule has 12 nitrogen and oxygen atoms in total. The van der Waals surface area contributed by atoms with E-state index < -0.39 is 29.2 Å². The maximum atomic E-state index is 13.1. The van der Waals surface area contributed by atoms with Crippen molar-refractivity contribution in [3.8, 4) is 0 Å². The monoisotopic (exact) mass is 550 g/mol. The molecule has 0 spiro atoms. The first-order valence-corrected chi connectivity index (χ1v) is 13.8. The van der Waals surface area contributed by atoms with Crippen LogP contribution in [-0.4, -0.2) is 92.4 Å². The number of nitrogen functional groups attached to an aromatic ring is 1. The zero-order valence-corrected chi connectivity index (χ0v) is 21.9. The van der Waals surface area contributed by atoms with E-state index in [-0.39, 0.29) is 22.2 Å². The average Bonchev–Trinajstić information content (AvgIpc) is 3.48. The van der Waals surface area contributed by atoms with Gasteiger partial charge >= 0.3 is 5.97 Å². The van der Waals surface area contributed by atoms with Crippen molar-refractivity contribution in [3.63, 3.8) is 0 Å². The van der Waals surface area contributed by atoms with E-state index in [1.807, 2.05) is 5.51 Å². The maximum absolute atomic E-state index is 13.1. The van der Waals surface area contributed by atoms with E-state index in [2.05, 4.69) is 27.5 Å². The third-order valence-electron chi connectivity index (χ3n) is 6.41. The number of quaternary nitrogens is 1. The zero-order valence-electron chi connectivity index (χ0n) is 19.5. The predicted octanol–water partition coefficient (Wildman–Crippen LogP) is 0.474. The van der Waals surface area contributed by atoms with Crippen LogP contribution in [0, 0.1) is 0 Å². The summed E-state index contributed by atoms with van der Waals surface area (Å²) in [6.07, 6.45) is 0.898. The normalized spacial score (nSPS) is 25.7. The molecule has 190 valence electrons. The number of carbonyl (C=O) groups is 3. The number of rotatable bonds is 7. The largest absolute Gasteiger partial charge is 0.477 e. The Labute approximate surface area is 218 Å². The van der Waals surface area contributed by atoms with Crippen molar-refractivity contribution in [1.82, 2.24) is 20.2 Å². The van der Waals surface area contributed by atoms with Crippen LogP contribution in [0.4, 0.5) is 5.13 Å². The van der Waals surface area contributed by atoms with E-state index >= 15 is 0 Å². The summed E-state index contributed by atoms with van der Waals surface area (Å²) in [7, 11) is 3.39. The molecule has 1 saturated heterocycles. The highest BCUT2D eigenvalue weighted by molar-refractivity contribution is 8.00. The number of fused-ring (bicyclic) bond motifs is 2. The van der Waals surface area contributed by atoms with Crippen molar-refractivity contribution in [1.29, 1.82) is 0 Å². The SMILES string of the molecule is CO/N=C(\C(=O)NC1C(=O)N2C(C(=O)O)=C(C[N+]3(C)CCc4scnc4C3)CS[C@H]12)c1csc(N)n1. The van der Waals surface area contributed by atoms with Crippen LogP contribution in [-0.2, 0) is 32.2 Å². The van der Waals surface area contributed by atoms with Crippen LogP contribution in [0.25, 0.3) is 0 Å². The lowest BCUT2D eigenvalue weighted by Crippen LogP contribution is -2.71. The molecule has 4 N–H and O–H groups in total. The number of nitrogens with one attached hydrogen (secondary N) is 1. The summed E-state index contributed by atoms with van der Waals surface area (Å²) in [6, 6.07) is -0.895. The molecule has 2 aromatic heterocycles. The molecule has 2 unspecified atom stereocenters. The standard InChI is InChI=1S/C21H23N7O5S3/c1-28(4-3-13-11(6-28)23-9-36-13)5-10-7-34-19-15(18(30)27(19)16(10)20(31)32)25-17(29)14(26-33-2)12-8-35-21(22)24-12/h8-9,15,19H,3-7H2,1-2H3,(H3-,22,24,25,29,31,32)/p+1/b26-14-/t15?,19-,28?/m1/s1. The van der Waals surface area contributed by atoms with Gasteiger partial charge in [0.2, 0.25) is 0 Å². The highest BCUT2D eigenvalue weighted by Crippen LogP contribution is 2.41. The van der Waals surface area contributed by atoms with Gasteiger partial charge in [0.25, 0.3) is 11.8 Å². The maximum Gasteiger partial charge on any atom is 0.352 e. The number of β-lactam (4-membered cyclic amide) rings is 1. The number of nitrogens with two attached hydrogens (primary N) is 1. The molecule has 5 heterocycles. The van der Waals surface area contributed by atoms with Crippen molar-refractivity contribution in [2.45, 2.75) is 24.4 Å². The minimum absolute atomic E-state index is 0.00994. The molecule has 36 heavy (non-hydrogen) atoms. The van der Waals surface area contributed by atoms with Crippen molar-refractivity contribution < 1.29 is 28.8 Å². The van der Waals surface area contributed by atoms with Crippen LogP contribution in [0.3, 0.4) is 0 Å². The van der Waals surface area contributed by atoms with E-state index in [1.165, 1.54) is 28.6 Å².